The molecule has 2 saturated heterocycles. The Kier molecular flexibility index (Phi) is 3.37. The zero-order valence-corrected chi connectivity index (χ0v) is 10.9. The van der Waals surface area contributed by atoms with Crippen LogP contribution in [-0.4, -0.2) is 36.3 Å². The number of imide groups is 1. The van der Waals surface area contributed by atoms with E-state index in [1.165, 1.54) is 12.8 Å². The van der Waals surface area contributed by atoms with Gasteiger partial charge < -0.3 is 5.32 Å². The smallest absolute Gasteiger partial charge is 0.232 e. The van der Waals surface area contributed by atoms with E-state index >= 15 is 0 Å². The number of hydrogen-bond acceptors (Lipinski definition) is 3. The van der Waals surface area contributed by atoms with Crippen molar-refractivity contribution in [2.45, 2.75) is 38.5 Å². The third kappa shape index (κ3) is 2.18. The van der Waals surface area contributed by atoms with Crippen LogP contribution in [0.15, 0.2) is 0 Å². The zero-order chi connectivity index (χ0) is 12.5. The van der Waals surface area contributed by atoms with E-state index in [-0.39, 0.29) is 23.7 Å². The average Bonchev–Trinajstić information content (AvgIpc) is 2.85. The second kappa shape index (κ2) is 5.00. The Morgan fingerprint density at radius 1 is 1.11 bits per heavy atom. The van der Waals surface area contributed by atoms with Crippen molar-refractivity contribution in [1.29, 1.82) is 0 Å². The van der Waals surface area contributed by atoms with Crippen molar-refractivity contribution in [3.63, 3.8) is 0 Å². The Labute approximate surface area is 108 Å². The van der Waals surface area contributed by atoms with Crippen LogP contribution in [0.2, 0.25) is 0 Å². The highest BCUT2D eigenvalue weighted by Crippen LogP contribution is 2.38. The summed E-state index contributed by atoms with van der Waals surface area (Å²) in [6, 6.07) is 0. The van der Waals surface area contributed by atoms with Crippen LogP contribution in [0.3, 0.4) is 0 Å². The molecule has 3 fully saturated rings. The fraction of sp³-hybridized carbons (Fsp3) is 0.857. The quantitative estimate of drug-likeness (QED) is 0.765. The highest BCUT2D eigenvalue weighted by Gasteiger charge is 2.44. The van der Waals surface area contributed by atoms with Crippen molar-refractivity contribution < 1.29 is 9.59 Å². The number of piperidine rings is 2. The first-order valence-corrected chi connectivity index (χ1v) is 7.31. The molecule has 1 N–H and O–H groups in total. The molecule has 3 aliphatic rings. The second-order valence-corrected chi connectivity index (χ2v) is 6.04. The lowest BCUT2D eigenvalue weighted by Crippen LogP contribution is -2.47. The van der Waals surface area contributed by atoms with Crippen LogP contribution in [0.1, 0.15) is 38.5 Å². The molecule has 1 aliphatic carbocycles. The third-order valence-electron chi connectivity index (χ3n) is 4.82. The van der Waals surface area contributed by atoms with Gasteiger partial charge in [-0.2, -0.15) is 0 Å². The van der Waals surface area contributed by atoms with Crippen LogP contribution in [0.4, 0.5) is 0 Å². The molecule has 0 radical (unpaired) electrons. The molecular weight excluding hydrogens is 228 g/mol. The van der Waals surface area contributed by atoms with E-state index in [4.69, 9.17) is 0 Å². The van der Waals surface area contributed by atoms with Crippen molar-refractivity contribution >= 4 is 11.8 Å². The molecule has 3 unspecified atom stereocenters. The first-order valence-electron chi connectivity index (χ1n) is 7.31. The number of hydrogen-bond donors (Lipinski definition) is 1. The molecule has 0 spiro atoms. The summed E-state index contributed by atoms with van der Waals surface area (Å²) in [6.07, 6.45) is 6.10. The van der Waals surface area contributed by atoms with E-state index in [1.54, 1.807) is 4.90 Å². The standard InChI is InChI=1S/C14H22N2O2/c17-13-11-3-4-12(8-11)14(18)16(13)7-5-10-2-1-6-15-9-10/h10-12,15H,1-9H2. The normalized spacial score (nSPS) is 36.2. The Hall–Kier alpha value is -0.900. The Morgan fingerprint density at radius 2 is 1.83 bits per heavy atom. The number of amides is 2. The van der Waals surface area contributed by atoms with Crippen LogP contribution in [0.5, 0.6) is 0 Å². The average molecular weight is 250 g/mol. The minimum Gasteiger partial charge on any atom is -0.316 e. The minimum absolute atomic E-state index is 0.109. The molecule has 4 heteroatoms. The summed E-state index contributed by atoms with van der Waals surface area (Å²) < 4.78 is 0. The molecule has 3 rings (SSSR count). The fourth-order valence-corrected chi connectivity index (χ4v) is 3.68. The largest absolute Gasteiger partial charge is 0.316 e. The van der Waals surface area contributed by atoms with Crippen molar-refractivity contribution in [1.82, 2.24) is 10.2 Å². The monoisotopic (exact) mass is 250 g/mol. The maximum Gasteiger partial charge on any atom is 0.232 e. The van der Waals surface area contributed by atoms with Crippen LogP contribution in [0.25, 0.3) is 0 Å². The molecule has 2 heterocycles. The number of nitrogens with zero attached hydrogens (tertiary/aromatic N) is 1. The lowest BCUT2D eigenvalue weighted by molar-refractivity contribution is -0.152. The Morgan fingerprint density at radius 3 is 2.44 bits per heavy atom. The SMILES string of the molecule is O=C1C2CCC(C2)C(=O)N1CCC1CCCNC1. The predicted octanol–water partition coefficient (Wildman–Crippen LogP) is 1.16. The van der Waals surface area contributed by atoms with Crippen molar-refractivity contribution in [3.8, 4) is 0 Å². The molecule has 0 aromatic heterocycles. The van der Waals surface area contributed by atoms with Crippen molar-refractivity contribution in [2.75, 3.05) is 19.6 Å². The van der Waals surface area contributed by atoms with Gasteiger partial charge >= 0.3 is 0 Å². The van der Waals surface area contributed by atoms with E-state index < -0.39 is 0 Å². The van der Waals surface area contributed by atoms with Crippen LogP contribution in [0, 0.1) is 17.8 Å². The molecular formula is C14H22N2O2. The highest BCUT2D eigenvalue weighted by atomic mass is 16.2. The third-order valence-corrected chi connectivity index (χ3v) is 4.82. The highest BCUT2D eigenvalue weighted by molar-refractivity contribution is 6.00. The summed E-state index contributed by atoms with van der Waals surface area (Å²) in [4.78, 5) is 25.9. The first kappa shape index (κ1) is 12.2. The fourth-order valence-electron chi connectivity index (χ4n) is 3.68. The Bertz CT molecular complexity index is 328. The summed E-state index contributed by atoms with van der Waals surface area (Å²) in [5, 5.41) is 3.39. The molecule has 2 amide bonds. The van der Waals surface area contributed by atoms with Gasteiger partial charge in [-0.3, -0.25) is 14.5 Å². The van der Waals surface area contributed by atoms with Crippen LogP contribution >= 0.6 is 0 Å². The summed E-state index contributed by atoms with van der Waals surface area (Å²) in [5.74, 6) is 1.16. The molecule has 0 aromatic carbocycles. The van der Waals surface area contributed by atoms with Crippen LogP contribution in [-0.2, 0) is 9.59 Å². The lowest BCUT2D eigenvalue weighted by atomic mass is 9.93. The molecule has 4 nitrogen and oxygen atoms in total. The molecule has 2 bridgehead atoms. The number of rotatable bonds is 3. The molecule has 2 aliphatic heterocycles. The number of fused-ring (bicyclic) bond motifs is 2. The summed E-state index contributed by atoms with van der Waals surface area (Å²) >= 11 is 0. The molecule has 1 saturated carbocycles. The Balaban J connectivity index is 1.58. The van der Waals surface area contributed by atoms with Gasteiger partial charge in [0.2, 0.25) is 11.8 Å². The molecule has 100 valence electrons. The summed E-state index contributed by atoms with van der Waals surface area (Å²) in [6.45, 7) is 2.81. The van der Waals surface area contributed by atoms with Gasteiger partial charge in [0.05, 0.1) is 0 Å². The number of nitrogens with one attached hydrogen (secondary N) is 1. The van der Waals surface area contributed by atoms with Crippen molar-refractivity contribution in [2.24, 2.45) is 17.8 Å². The first-order chi connectivity index (χ1) is 8.75. The van der Waals surface area contributed by atoms with E-state index in [9.17, 15) is 9.59 Å². The lowest BCUT2D eigenvalue weighted by Gasteiger charge is -2.31. The zero-order valence-electron chi connectivity index (χ0n) is 10.9. The topological polar surface area (TPSA) is 49.4 Å². The van der Waals surface area contributed by atoms with Gasteiger partial charge in [0.1, 0.15) is 0 Å². The number of likely N-dealkylation sites (tertiary alicyclic amines) is 1. The van der Waals surface area contributed by atoms with Gasteiger partial charge in [0.15, 0.2) is 0 Å². The van der Waals surface area contributed by atoms with Gasteiger partial charge in [-0.1, -0.05) is 0 Å². The van der Waals surface area contributed by atoms with E-state index in [0.29, 0.717) is 12.5 Å². The number of carbonyl (C=O) groups excluding carboxylic acids is 2. The minimum atomic E-state index is 0.109. The summed E-state index contributed by atoms with van der Waals surface area (Å²) in [5.41, 5.74) is 0. The second-order valence-electron chi connectivity index (χ2n) is 6.04. The van der Waals surface area contributed by atoms with E-state index in [2.05, 4.69) is 5.32 Å². The predicted molar refractivity (Wildman–Crippen MR) is 67.8 cm³/mol. The van der Waals surface area contributed by atoms with Crippen molar-refractivity contribution in [3.05, 3.63) is 0 Å². The van der Waals surface area contributed by atoms with Gasteiger partial charge in [0.25, 0.3) is 0 Å². The maximum absolute atomic E-state index is 12.2. The van der Waals surface area contributed by atoms with Gasteiger partial charge in [0, 0.05) is 18.4 Å². The maximum atomic E-state index is 12.2. The summed E-state index contributed by atoms with van der Waals surface area (Å²) in [7, 11) is 0. The molecule has 0 aromatic rings. The van der Waals surface area contributed by atoms with Gasteiger partial charge in [-0.15, -0.1) is 0 Å². The van der Waals surface area contributed by atoms with E-state index in [0.717, 1.165) is 38.8 Å². The number of carbonyl (C=O) groups is 2. The van der Waals surface area contributed by atoms with Gasteiger partial charge in [-0.05, 0) is 57.5 Å². The molecule has 3 atom stereocenters. The molecule has 18 heavy (non-hydrogen) atoms. The van der Waals surface area contributed by atoms with Crippen LogP contribution < -0.4 is 5.32 Å². The van der Waals surface area contributed by atoms with Gasteiger partial charge in [-0.25, -0.2) is 0 Å². The van der Waals surface area contributed by atoms with E-state index in [1.807, 2.05) is 0 Å².